The number of alkyl halides is 3. The standard InChI is InChI=1S/C28H24F3NO3/c29-28(30,31)35-24-15-9-10-21(18-24)19-32(20-26(33)22-11-3-1-4-12-22)25-16-7-8-17-27(25)34-23-13-5-2-6-14-23/h1-18,26,33H,19-20H2. The van der Waals surface area contributed by atoms with Crippen LogP contribution in [0.4, 0.5) is 18.9 Å². The molecule has 0 fully saturated rings. The zero-order valence-electron chi connectivity index (χ0n) is 18.7. The summed E-state index contributed by atoms with van der Waals surface area (Å²) in [6, 6.07) is 31.6. The van der Waals surface area contributed by atoms with Gasteiger partial charge in [-0.1, -0.05) is 72.8 Å². The van der Waals surface area contributed by atoms with Crippen molar-refractivity contribution in [1.29, 1.82) is 0 Å². The fourth-order valence-electron chi connectivity index (χ4n) is 3.72. The van der Waals surface area contributed by atoms with Gasteiger partial charge in [0.05, 0.1) is 11.8 Å². The maximum absolute atomic E-state index is 12.7. The van der Waals surface area contributed by atoms with Gasteiger partial charge < -0.3 is 19.5 Å². The number of rotatable bonds is 9. The van der Waals surface area contributed by atoms with E-state index in [1.165, 1.54) is 18.2 Å². The summed E-state index contributed by atoms with van der Waals surface area (Å²) in [7, 11) is 0. The molecule has 1 atom stereocenters. The third-order valence-electron chi connectivity index (χ3n) is 5.26. The summed E-state index contributed by atoms with van der Waals surface area (Å²) in [5, 5.41) is 11.0. The number of nitrogens with zero attached hydrogens (tertiary/aromatic N) is 1. The number of ether oxygens (including phenoxy) is 2. The lowest BCUT2D eigenvalue weighted by molar-refractivity contribution is -0.274. The Balaban J connectivity index is 1.66. The molecule has 0 spiro atoms. The Morgan fingerprint density at radius 1 is 0.743 bits per heavy atom. The van der Waals surface area contributed by atoms with Crippen molar-refractivity contribution in [2.45, 2.75) is 19.0 Å². The Morgan fingerprint density at radius 3 is 2.09 bits per heavy atom. The summed E-state index contributed by atoms with van der Waals surface area (Å²) >= 11 is 0. The highest BCUT2D eigenvalue weighted by Gasteiger charge is 2.31. The summed E-state index contributed by atoms with van der Waals surface area (Å²) in [4.78, 5) is 1.88. The van der Waals surface area contributed by atoms with Crippen LogP contribution < -0.4 is 14.4 Å². The average Bonchev–Trinajstić information content (AvgIpc) is 2.84. The first-order chi connectivity index (χ1) is 16.9. The topological polar surface area (TPSA) is 41.9 Å². The number of para-hydroxylation sites is 3. The predicted octanol–water partition coefficient (Wildman–Crippen LogP) is 7.12. The summed E-state index contributed by atoms with van der Waals surface area (Å²) < 4.78 is 48.4. The molecule has 4 aromatic carbocycles. The van der Waals surface area contributed by atoms with Gasteiger partial charge in [0.2, 0.25) is 0 Å². The van der Waals surface area contributed by atoms with Gasteiger partial charge in [0.25, 0.3) is 0 Å². The van der Waals surface area contributed by atoms with Crippen molar-refractivity contribution in [3.05, 3.63) is 120 Å². The van der Waals surface area contributed by atoms with Crippen LogP contribution in [0.15, 0.2) is 109 Å². The van der Waals surface area contributed by atoms with Crippen molar-refractivity contribution in [3.8, 4) is 17.2 Å². The summed E-state index contributed by atoms with van der Waals surface area (Å²) in [5.41, 5.74) is 2.00. The monoisotopic (exact) mass is 479 g/mol. The van der Waals surface area contributed by atoms with E-state index in [1.54, 1.807) is 6.07 Å². The molecule has 1 unspecified atom stereocenters. The van der Waals surface area contributed by atoms with Crippen LogP contribution in [0.3, 0.4) is 0 Å². The zero-order valence-corrected chi connectivity index (χ0v) is 18.7. The van der Waals surface area contributed by atoms with Crippen molar-refractivity contribution >= 4 is 5.69 Å². The lowest BCUT2D eigenvalue weighted by Gasteiger charge is -2.29. The molecule has 0 bridgehead atoms. The van der Waals surface area contributed by atoms with Gasteiger partial charge in [-0.15, -0.1) is 13.2 Å². The highest BCUT2D eigenvalue weighted by molar-refractivity contribution is 5.60. The van der Waals surface area contributed by atoms with Crippen LogP contribution in [-0.4, -0.2) is 18.0 Å². The van der Waals surface area contributed by atoms with E-state index in [0.29, 0.717) is 22.7 Å². The van der Waals surface area contributed by atoms with Crippen molar-refractivity contribution < 1.29 is 27.8 Å². The van der Waals surface area contributed by atoms with Gasteiger partial charge in [-0.25, -0.2) is 0 Å². The lowest BCUT2D eigenvalue weighted by atomic mass is 10.1. The normalized spacial score (nSPS) is 12.1. The van der Waals surface area contributed by atoms with E-state index < -0.39 is 12.5 Å². The van der Waals surface area contributed by atoms with Crippen LogP contribution in [0, 0.1) is 0 Å². The van der Waals surface area contributed by atoms with Crippen LogP contribution in [0.2, 0.25) is 0 Å². The molecular formula is C28H24F3NO3. The van der Waals surface area contributed by atoms with E-state index >= 15 is 0 Å². The van der Waals surface area contributed by atoms with E-state index in [0.717, 1.165) is 5.56 Å². The molecule has 4 nitrogen and oxygen atoms in total. The Labute approximate surface area is 201 Å². The van der Waals surface area contributed by atoms with Crippen molar-refractivity contribution in [2.75, 3.05) is 11.4 Å². The second-order valence-corrected chi connectivity index (χ2v) is 7.89. The van der Waals surface area contributed by atoms with Crippen LogP contribution >= 0.6 is 0 Å². The minimum Gasteiger partial charge on any atom is -0.455 e. The third kappa shape index (κ3) is 7.01. The van der Waals surface area contributed by atoms with Crippen molar-refractivity contribution in [3.63, 3.8) is 0 Å². The second kappa shape index (κ2) is 11.0. The first-order valence-corrected chi connectivity index (χ1v) is 11.0. The fourth-order valence-corrected chi connectivity index (χ4v) is 3.72. The van der Waals surface area contributed by atoms with Crippen LogP contribution in [-0.2, 0) is 6.54 Å². The highest BCUT2D eigenvalue weighted by Crippen LogP contribution is 2.35. The summed E-state index contributed by atoms with van der Waals surface area (Å²) in [6.07, 6.45) is -5.62. The van der Waals surface area contributed by atoms with Gasteiger partial charge in [0.15, 0.2) is 5.75 Å². The third-order valence-corrected chi connectivity index (χ3v) is 5.26. The molecular weight excluding hydrogens is 455 g/mol. The number of hydrogen-bond acceptors (Lipinski definition) is 4. The molecule has 0 saturated heterocycles. The van der Waals surface area contributed by atoms with Crippen LogP contribution in [0.1, 0.15) is 17.2 Å². The number of hydrogen-bond donors (Lipinski definition) is 1. The molecule has 4 aromatic rings. The van der Waals surface area contributed by atoms with Gasteiger partial charge in [-0.05, 0) is 47.5 Å². The number of anilines is 1. The number of aliphatic hydroxyl groups excluding tert-OH is 1. The molecule has 0 aromatic heterocycles. The van der Waals surface area contributed by atoms with E-state index in [2.05, 4.69) is 4.74 Å². The molecule has 4 rings (SSSR count). The molecule has 0 heterocycles. The smallest absolute Gasteiger partial charge is 0.455 e. The molecule has 0 aliphatic carbocycles. The predicted molar refractivity (Wildman–Crippen MR) is 129 cm³/mol. The Kier molecular flexibility index (Phi) is 7.57. The summed E-state index contributed by atoms with van der Waals surface area (Å²) in [5.74, 6) is 0.901. The molecule has 0 saturated carbocycles. The summed E-state index contributed by atoms with van der Waals surface area (Å²) in [6.45, 7) is 0.400. The van der Waals surface area contributed by atoms with Crippen LogP contribution in [0.5, 0.6) is 17.2 Å². The molecule has 0 amide bonds. The van der Waals surface area contributed by atoms with Gasteiger partial charge in [-0.3, -0.25) is 0 Å². The number of aliphatic hydroxyl groups is 1. The Hall–Kier alpha value is -3.97. The molecule has 180 valence electrons. The van der Waals surface area contributed by atoms with Gasteiger partial charge in [0.1, 0.15) is 11.5 Å². The second-order valence-electron chi connectivity index (χ2n) is 7.89. The average molecular weight is 479 g/mol. The highest BCUT2D eigenvalue weighted by atomic mass is 19.4. The van der Waals surface area contributed by atoms with Gasteiger partial charge in [-0.2, -0.15) is 0 Å². The number of benzene rings is 4. The first kappa shape index (κ1) is 24.2. The van der Waals surface area contributed by atoms with E-state index in [-0.39, 0.29) is 18.8 Å². The van der Waals surface area contributed by atoms with E-state index in [9.17, 15) is 18.3 Å². The van der Waals surface area contributed by atoms with Gasteiger partial charge >= 0.3 is 6.36 Å². The quantitative estimate of drug-likeness (QED) is 0.278. The zero-order chi connectivity index (χ0) is 24.7. The molecule has 0 aliphatic rings. The lowest BCUT2D eigenvalue weighted by Crippen LogP contribution is -2.28. The van der Waals surface area contributed by atoms with Crippen molar-refractivity contribution in [1.82, 2.24) is 0 Å². The molecule has 7 heteroatoms. The Bertz CT molecular complexity index is 1220. The van der Waals surface area contributed by atoms with Gasteiger partial charge in [0, 0.05) is 13.1 Å². The van der Waals surface area contributed by atoms with E-state index in [1.807, 2.05) is 89.8 Å². The SMILES string of the molecule is OC(CN(Cc1cccc(OC(F)(F)F)c1)c1ccccc1Oc1ccccc1)c1ccccc1. The maximum Gasteiger partial charge on any atom is 0.573 e. The molecule has 35 heavy (non-hydrogen) atoms. The Morgan fingerprint density at radius 2 is 1.37 bits per heavy atom. The minimum atomic E-state index is -4.78. The molecule has 0 radical (unpaired) electrons. The number of halogens is 3. The minimum absolute atomic E-state index is 0.184. The molecule has 1 N–H and O–H groups in total. The van der Waals surface area contributed by atoms with Crippen LogP contribution in [0.25, 0.3) is 0 Å². The fraction of sp³-hybridized carbons (Fsp3) is 0.143. The van der Waals surface area contributed by atoms with Crippen molar-refractivity contribution in [2.24, 2.45) is 0 Å². The first-order valence-electron chi connectivity index (χ1n) is 11.0. The molecule has 0 aliphatic heterocycles. The largest absolute Gasteiger partial charge is 0.573 e. The maximum atomic E-state index is 12.7. The van der Waals surface area contributed by atoms with E-state index in [4.69, 9.17) is 4.74 Å².